The molecule has 0 fully saturated rings. The number of carboxylic acids is 1. The number of benzene rings is 1. The van der Waals surface area contributed by atoms with Crippen molar-refractivity contribution in [2.24, 2.45) is 0 Å². The highest BCUT2D eigenvalue weighted by Crippen LogP contribution is 2.13. The fraction of sp³-hybridized carbons (Fsp3) is 0.385. The maximum atomic E-state index is 11.3. The van der Waals surface area contributed by atoms with Gasteiger partial charge in [-0.2, -0.15) is 0 Å². The normalized spacial score (nSPS) is 12.6. The van der Waals surface area contributed by atoms with Crippen molar-refractivity contribution in [1.82, 2.24) is 5.48 Å². The van der Waals surface area contributed by atoms with E-state index >= 15 is 0 Å². The Morgan fingerprint density at radius 3 is 2.26 bits per heavy atom. The summed E-state index contributed by atoms with van der Waals surface area (Å²) in [6.07, 6.45) is -0.977. The Labute approximate surface area is 111 Å². The third-order valence-corrected chi connectivity index (χ3v) is 2.03. The lowest BCUT2D eigenvalue weighted by Gasteiger charge is -2.20. The maximum Gasteiger partial charge on any atom is 0.528 e. The van der Waals surface area contributed by atoms with Crippen LogP contribution < -0.4 is 5.48 Å². The van der Waals surface area contributed by atoms with Crippen molar-refractivity contribution in [2.75, 3.05) is 0 Å². The zero-order valence-corrected chi connectivity index (χ0v) is 11.0. The summed E-state index contributed by atoms with van der Waals surface area (Å²) in [7, 11) is 0. The molecule has 0 aliphatic rings. The molecule has 0 aliphatic carbocycles. The second-order valence-electron chi connectivity index (χ2n) is 4.87. The number of rotatable bonds is 4. The standard InChI is InChI=1S/C13H17NO5/c1-13(2,3)18-12(17)19-14-10(11(15)16)9-7-5-4-6-8-9/h4-8,10,14H,1-3H3,(H,15,16). The smallest absolute Gasteiger partial charge is 0.480 e. The van der Waals surface area contributed by atoms with Crippen molar-refractivity contribution < 1.29 is 24.3 Å². The van der Waals surface area contributed by atoms with E-state index in [-0.39, 0.29) is 0 Å². The lowest BCUT2D eigenvalue weighted by atomic mass is 10.1. The molecule has 1 aromatic rings. The highest BCUT2D eigenvalue weighted by molar-refractivity contribution is 5.75. The van der Waals surface area contributed by atoms with Crippen LogP contribution in [-0.4, -0.2) is 22.8 Å². The zero-order chi connectivity index (χ0) is 14.5. The van der Waals surface area contributed by atoms with Crippen LogP contribution in [0.15, 0.2) is 30.3 Å². The summed E-state index contributed by atoms with van der Waals surface area (Å²) in [5, 5.41) is 9.08. The molecule has 0 saturated carbocycles. The molecule has 0 amide bonds. The number of carbonyl (C=O) groups is 2. The molecule has 0 spiro atoms. The zero-order valence-electron chi connectivity index (χ0n) is 11.0. The van der Waals surface area contributed by atoms with Gasteiger partial charge in [-0.3, -0.25) is 4.79 Å². The third-order valence-electron chi connectivity index (χ3n) is 2.03. The van der Waals surface area contributed by atoms with E-state index < -0.39 is 23.8 Å². The highest BCUT2D eigenvalue weighted by atomic mass is 16.8. The van der Waals surface area contributed by atoms with Crippen LogP contribution in [-0.2, 0) is 14.4 Å². The van der Waals surface area contributed by atoms with Crippen LogP contribution in [0.4, 0.5) is 4.79 Å². The summed E-state index contributed by atoms with van der Waals surface area (Å²) in [4.78, 5) is 27.0. The van der Waals surface area contributed by atoms with Gasteiger partial charge in [0.1, 0.15) is 5.60 Å². The number of nitrogens with one attached hydrogen (secondary N) is 1. The number of hydrogen-bond donors (Lipinski definition) is 2. The predicted octanol–water partition coefficient (Wildman–Crippen LogP) is 2.27. The minimum atomic E-state index is -1.16. The summed E-state index contributed by atoms with van der Waals surface area (Å²) < 4.78 is 4.89. The van der Waals surface area contributed by atoms with Gasteiger partial charge >= 0.3 is 12.1 Å². The van der Waals surface area contributed by atoms with Crippen LogP contribution in [0.2, 0.25) is 0 Å². The number of carboxylic acid groups (broad SMARTS) is 1. The first-order chi connectivity index (χ1) is 8.79. The Morgan fingerprint density at radius 2 is 1.79 bits per heavy atom. The van der Waals surface area contributed by atoms with Crippen LogP contribution >= 0.6 is 0 Å². The van der Waals surface area contributed by atoms with Gasteiger partial charge in [0.05, 0.1) is 0 Å². The molecule has 6 nitrogen and oxygen atoms in total. The number of carbonyl (C=O) groups excluding carboxylic acids is 1. The molecule has 6 heteroatoms. The predicted molar refractivity (Wildman–Crippen MR) is 67.3 cm³/mol. The van der Waals surface area contributed by atoms with Crippen LogP contribution in [0, 0.1) is 0 Å². The summed E-state index contributed by atoms with van der Waals surface area (Å²) in [5.41, 5.74) is 1.95. The van der Waals surface area contributed by atoms with Gasteiger partial charge in [-0.05, 0) is 26.3 Å². The van der Waals surface area contributed by atoms with E-state index in [1.54, 1.807) is 51.1 Å². The second kappa shape index (κ2) is 6.19. The second-order valence-corrected chi connectivity index (χ2v) is 4.87. The molecule has 0 bridgehead atoms. The molecule has 0 aliphatic heterocycles. The number of aliphatic carboxylic acids is 1. The van der Waals surface area contributed by atoms with E-state index in [4.69, 9.17) is 9.84 Å². The molecule has 0 saturated heterocycles. The van der Waals surface area contributed by atoms with Crippen molar-refractivity contribution >= 4 is 12.1 Å². The quantitative estimate of drug-likeness (QED) is 0.643. The first-order valence-corrected chi connectivity index (χ1v) is 5.73. The molecule has 2 N–H and O–H groups in total. The van der Waals surface area contributed by atoms with Crippen LogP contribution in [0.1, 0.15) is 32.4 Å². The van der Waals surface area contributed by atoms with E-state index in [9.17, 15) is 9.59 Å². The monoisotopic (exact) mass is 267 g/mol. The number of ether oxygens (including phenoxy) is 1. The average Bonchev–Trinajstić information content (AvgIpc) is 2.27. The molecule has 1 unspecified atom stereocenters. The van der Waals surface area contributed by atoms with Gasteiger partial charge in [0.15, 0.2) is 6.04 Å². The molecule has 1 rings (SSSR count). The Hall–Kier alpha value is -2.08. The summed E-state index contributed by atoms with van der Waals surface area (Å²) in [6.45, 7) is 5.04. The molecule has 0 radical (unpaired) electrons. The third kappa shape index (κ3) is 5.39. The van der Waals surface area contributed by atoms with Crippen molar-refractivity contribution in [3.63, 3.8) is 0 Å². The molecule has 1 aromatic carbocycles. The van der Waals surface area contributed by atoms with Crippen LogP contribution in [0.3, 0.4) is 0 Å². The fourth-order valence-electron chi connectivity index (χ4n) is 1.28. The van der Waals surface area contributed by atoms with E-state index in [1.807, 2.05) is 0 Å². The SMILES string of the molecule is CC(C)(C)OC(=O)ONC(C(=O)O)c1ccccc1. The van der Waals surface area contributed by atoms with E-state index in [0.29, 0.717) is 5.56 Å². The molecule has 0 heterocycles. The van der Waals surface area contributed by atoms with Crippen molar-refractivity contribution in [2.45, 2.75) is 32.4 Å². The number of hydrogen-bond acceptors (Lipinski definition) is 5. The van der Waals surface area contributed by atoms with Gasteiger partial charge < -0.3 is 14.7 Å². The first kappa shape index (κ1) is 15.0. The Balaban J connectivity index is 2.62. The van der Waals surface area contributed by atoms with Gasteiger partial charge in [-0.25, -0.2) is 4.79 Å². The first-order valence-electron chi connectivity index (χ1n) is 5.73. The van der Waals surface area contributed by atoms with Crippen molar-refractivity contribution in [3.8, 4) is 0 Å². The maximum absolute atomic E-state index is 11.3. The molecule has 19 heavy (non-hydrogen) atoms. The summed E-state index contributed by atoms with van der Waals surface area (Å²) in [5.74, 6) is -1.16. The lowest BCUT2D eigenvalue weighted by molar-refractivity contribution is -0.143. The van der Waals surface area contributed by atoms with Gasteiger partial charge in [0, 0.05) is 0 Å². The molecular formula is C13H17NO5. The van der Waals surface area contributed by atoms with E-state index in [2.05, 4.69) is 10.3 Å². The highest BCUT2D eigenvalue weighted by Gasteiger charge is 2.23. The van der Waals surface area contributed by atoms with Crippen LogP contribution in [0.25, 0.3) is 0 Å². The van der Waals surface area contributed by atoms with E-state index in [0.717, 1.165) is 0 Å². The van der Waals surface area contributed by atoms with E-state index in [1.165, 1.54) is 0 Å². The molecular weight excluding hydrogens is 250 g/mol. The largest absolute Gasteiger partial charge is 0.528 e. The van der Waals surface area contributed by atoms with Gasteiger partial charge in [0.25, 0.3) is 0 Å². The minimum absolute atomic E-state index is 0.471. The lowest BCUT2D eigenvalue weighted by Crippen LogP contribution is -2.33. The molecule has 0 aromatic heterocycles. The van der Waals surface area contributed by atoms with Crippen LogP contribution in [0.5, 0.6) is 0 Å². The fourth-order valence-corrected chi connectivity index (χ4v) is 1.28. The summed E-state index contributed by atoms with van der Waals surface area (Å²) >= 11 is 0. The number of hydroxylamine groups is 1. The molecule has 1 atom stereocenters. The summed E-state index contributed by atoms with van der Waals surface area (Å²) in [6, 6.07) is 7.24. The Bertz CT molecular complexity index is 438. The van der Waals surface area contributed by atoms with Gasteiger partial charge in [-0.1, -0.05) is 30.3 Å². The van der Waals surface area contributed by atoms with Crippen molar-refractivity contribution in [3.05, 3.63) is 35.9 Å². The van der Waals surface area contributed by atoms with Crippen molar-refractivity contribution in [1.29, 1.82) is 0 Å². The topological polar surface area (TPSA) is 84.9 Å². The average molecular weight is 267 g/mol. The Morgan fingerprint density at radius 1 is 1.21 bits per heavy atom. The Kier molecular flexibility index (Phi) is 4.88. The van der Waals surface area contributed by atoms with Gasteiger partial charge in [0.2, 0.25) is 0 Å². The minimum Gasteiger partial charge on any atom is -0.480 e. The van der Waals surface area contributed by atoms with Gasteiger partial charge in [-0.15, -0.1) is 5.48 Å². The molecule has 104 valence electrons.